The normalized spacial score (nSPS) is 16.9. The first-order valence-corrected chi connectivity index (χ1v) is 5.62. The molecule has 0 bridgehead atoms. The number of nitriles is 1. The quantitative estimate of drug-likeness (QED) is 0.778. The first kappa shape index (κ1) is 10.8. The molecule has 0 amide bonds. The summed E-state index contributed by atoms with van der Waals surface area (Å²) >= 11 is 0. The summed E-state index contributed by atoms with van der Waals surface area (Å²) in [5, 5.41) is 8.90. The summed E-state index contributed by atoms with van der Waals surface area (Å²) in [7, 11) is 0. The lowest BCUT2D eigenvalue weighted by atomic mass is 9.78. The van der Waals surface area contributed by atoms with Crippen molar-refractivity contribution in [1.29, 1.82) is 5.26 Å². The number of ether oxygens (including phenoxy) is 2. The van der Waals surface area contributed by atoms with Crippen LogP contribution in [0, 0.1) is 11.3 Å². The second-order valence-electron chi connectivity index (χ2n) is 3.75. The molecular weight excluding hydrogens is 202 g/mol. The van der Waals surface area contributed by atoms with E-state index < -0.39 is 0 Å². The molecule has 0 saturated heterocycles. The van der Waals surface area contributed by atoms with Gasteiger partial charge in [0.25, 0.3) is 0 Å². The summed E-state index contributed by atoms with van der Waals surface area (Å²) in [6.45, 7) is 5.13. The predicted octanol–water partition coefficient (Wildman–Crippen LogP) is 2.65. The van der Waals surface area contributed by atoms with Gasteiger partial charge in [0.15, 0.2) is 11.5 Å². The molecule has 84 valence electrons. The standard InChI is InChI=1S/C13H15NO2/c1-3-15-12-6-9-5-10(8-14)11(9)7-13(12)16-4-2/h6-7,10H,3-5H2,1-2H3/t10-/m1/s1. The first-order valence-electron chi connectivity index (χ1n) is 5.62. The molecule has 1 aromatic carbocycles. The van der Waals surface area contributed by atoms with Crippen LogP contribution in [0.5, 0.6) is 11.5 Å². The van der Waals surface area contributed by atoms with Gasteiger partial charge in [-0.2, -0.15) is 5.26 Å². The van der Waals surface area contributed by atoms with Crippen LogP contribution in [0.15, 0.2) is 12.1 Å². The molecule has 3 heteroatoms. The Morgan fingerprint density at radius 2 is 1.88 bits per heavy atom. The zero-order valence-electron chi connectivity index (χ0n) is 9.62. The van der Waals surface area contributed by atoms with E-state index in [0.29, 0.717) is 13.2 Å². The SMILES string of the molecule is CCOc1cc2c(cc1OCC)[C@@H](C#N)C2. The first-order chi connectivity index (χ1) is 7.80. The Morgan fingerprint density at radius 1 is 1.25 bits per heavy atom. The molecule has 0 fully saturated rings. The smallest absolute Gasteiger partial charge is 0.161 e. The van der Waals surface area contributed by atoms with E-state index in [1.807, 2.05) is 26.0 Å². The monoisotopic (exact) mass is 217 g/mol. The highest BCUT2D eigenvalue weighted by Gasteiger charge is 2.28. The van der Waals surface area contributed by atoms with Gasteiger partial charge in [0.2, 0.25) is 0 Å². The highest BCUT2D eigenvalue weighted by atomic mass is 16.5. The second-order valence-corrected chi connectivity index (χ2v) is 3.75. The molecule has 1 aliphatic rings. The molecule has 1 aromatic rings. The van der Waals surface area contributed by atoms with Gasteiger partial charge in [0.1, 0.15) is 0 Å². The van der Waals surface area contributed by atoms with Crippen molar-refractivity contribution in [2.45, 2.75) is 26.2 Å². The van der Waals surface area contributed by atoms with Crippen molar-refractivity contribution in [3.63, 3.8) is 0 Å². The van der Waals surface area contributed by atoms with Crippen LogP contribution in [0.1, 0.15) is 30.9 Å². The Balaban J connectivity index is 2.34. The van der Waals surface area contributed by atoms with Crippen LogP contribution < -0.4 is 9.47 Å². The number of fused-ring (bicyclic) bond motifs is 1. The minimum Gasteiger partial charge on any atom is -0.490 e. The van der Waals surface area contributed by atoms with Crippen LogP contribution in [0.2, 0.25) is 0 Å². The number of nitrogens with zero attached hydrogens (tertiary/aromatic N) is 1. The minimum absolute atomic E-state index is 0.0323. The van der Waals surface area contributed by atoms with Gasteiger partial charge >= 0.3 is 0 Å². The molecular formula is C13H15NO2. The maximum atomic E-state index is 8.90. The Hall–Kier alpha value is -1.69. The van der Waals surface area contributed by atoms with Gasteiger partial charge in [-0.3, -0.25) is 0 Å². The molecule has 0 aliphatic heterocycles. The number of rotatable bonds is 4. The van der Waals surface area contributed by atoms with Gasteiger partial charge < -0.3 is 9.47 Å². The largest absolute Gasteiger partial charge is 0.490 e. The average molecular weight is 217 g/mol. The molecule has 0 spiro atoms. The zero-order valence-corrected chi connectivity index (χ0v) is 9.62. The lowest BCUT2D eigenvalue weighted by Gasteiger charge is -2.26. The summed E-state index contributed by atoms with van der Waals surface area (Å²) in [5.74, 6) is 1.58. The molecule has 0 aromatic heterocycles. The Kier molecular flexibility index (Phi) is 3.00. The third kappa shape index (κ3) is 1.71. The fourth-order valence-electron chi connectivity index (χ4n) is 1.97. The Bertz CT molecular complexity index is 434. The summed E-state index contributed by atoms with van der Waals surface area (Å²) in [4.78, 5) is 0. The van der Waals surface area contributed by atoms with Crippen molar-refractivity contribution in [1.82, 2.24) is 0 Å². The Labute approximate surface area is 95.6 Å². The molecule has 0 unspecified atom stereocenters. The summed E-state index contributed by atoms with van der Waals surface area (Å²) in [6.07, 6.45) is 0.832. The maximum absolute atomic E-state index is 8.90. The molecule has 2 rings (SSSR count). The van der Waals surface area contributed by atoms with Crippen molar-refractivity contribution < 1.29 is 9.47 Å². The number of hydrogen-bond acceptors (Lipinski definition) is 3. The average Bonchev–Trinajstić information content (AvgIpc) is 2.26. The molecule has 0 saturated carbocycles. The minimum atomic E-state index is 0.0323. The van der Waals surface area contributed by atoms with Crippen LogP contribution in [0.25, 0.3) is 0 Å². The third-order valence-electron chi connectivity index (χ3n) is 2.76. The van der Waals surface area contributed by atoms with Crippen molar-refractivity contribution in [2.75, 3.05) is 13.2 Å². The molecule has 16 heavy (non-hydrogen) atoms. The highest BCUT2D eigenvalue weighted by Crippen LogP contribution is 2.42. The van der Waals surface area contributed by atoms with Crippen LogP contribution in [-0.2, 0) is 6.42 Å². The Morgan fingerprint density at radius 3 is 2.44 bits per heavy atom. The van der Waals surface area contributed by atoms with Crippen LogP contribution in [-0.4, -0.2) is 13.2 Å². The summed E-state index contributed by atoms with van der Waals surface area (Å²) in [6, 6.07) is 6.23. The van der Waals surface area contributed by atoms with Crippen molar-refractivity contribution in [3.05, 3.63) is 23.3 Å². The fraction of sp³-hybridized carbons (Fsp3) is 0.462. The molecule has 0 radical (unpaired) electrons. The lowest BCUT2D eigenvalue weighted by molar-refractivity contribution is 0.286. The van der Waals surface area contributed by atoms with Gasteiger partial charge in [-0.1, -0.05) is 0 Å². The van der Waals surface area contributed by atoms with Gasteiger partial charge in [-0.15, -0.1) is 0 Å². The van der Waals surface area contributed by atoms with Crippen molar-refractivity contribution in [3.8, 4) is 17.6 Å². The van der Waals surface area contributed by atoms with Gasteiger partial charge in [0, 0.05) is 0 Å². The van der Waals surface area contributed by atoms with E-state index in [1.54, 1.807) is 0 Å². The van der Waals surface area contributed by atoms with E-state index in [2.05, 4.69) is 6.07 Å². The van der Waals surface area contributed by atoms with Gasteiger partial charge in [-0.25, -0.2) is 0 Å². The predicted molar refractivity (Wildman–Crippen MR) is 60.8 cm³/mol. The van der Waals surface area contributed by atoms with Crippen LogP contribution in [0.3, 0.4) is 0 Å². The van der Waals surface area contributed by atoms with E-state index in [-0.39, 0.29) is 5.92 Å². The molecule has 0 heterocycles. The highest BCUT2D eigenvalue weighted by molar-refractivity contribution is 5.54. The van der Waals surface area contributed by atoms with Crippen LogP contribution in [0.4, 0.5) is 0 Å². The van der Waals surface area contributed by atoms with Gasteiger partial charge in [-0.05, 0) is 43.5 Å². The molecule has 1 atom stereocenters. The van der Waals surface area contributed by atoms with E-state index in [9.17, 15) is 0 Å². The summed E-state index contributed by atoms with van der Waals surface area (Å²) in [5.41, 5.74) is 2.30. The second kappa shape index (κ2) is 4.44. The zero-order chi connectivity index (χ0) is 11.5. The maximum Gasteiger partial charge on any atom is 0.161 e. The van der Waals surface area contributed by atoms with E-state index in [0.717, 1.165) is 23.5 Å². The van der Waals surface area contributed by atoms with Crippen molar-refractivity contribution in [2.24, 2.45) is 0 Å². The van der Waals surface area contributed by atoms with Gasteiger partial charge in [0.05, 0.1) is 25.2 Å². The molecule has 0 N–H and O–H groups in total. The number of hydrogen-bond donors (Lipinski definition) is 0. The van der Waals surface area contributed by atoms with E-state index >= 15 is 0 Å². The topological polar surface area (TPSA) is 42.2 Å². The molecule has 1 aliphatic carbocycles. The van der Waals surface area contributed by atoms with E-state index in [4.69, 9.17) is 14.7 Å². The van der Waals surface area contributed by atoms with Crippen LogP contribution >= 0.6 is 0 Å². The third-order valence-corrected chi connectivity index (χ3v) is 2.76. The van der Waals surface area contributed by atoms with Crippen molar-refractivity contribution >= 4 is 0 Å². The summed E-state index contributed by atoms with van der Waals surface area (Å²) < 4.78 is 11.0. The van der Waals surface area contributed by atoms with E-state index in [1.165, 1.54) is 5.56 Å². The lowest BCUT2D eigenvalue weighted by Crippen LogP contribution is -2.16. The fourth-order valence-corrected chi connectivity index (χ4v) is 1.97. The number of benzene rings is 1. The molecule has 3 nitrogen and oxygen atoms in total.